The second-order valence-corrected chi connectivity index (χ2v) is 7.00. The monoisotopic (exact) mass is 392 g/mol. The van der Waals surface area contributed by atoms with Crippen molar-refractivity contribution in [3.05, 3.63) is 65.1 Å². The lowest BCUT2D eigenvalue weighted by Crippen LogP contribution is -2.36. The van der Waals surface area contributed by atoms with Gasteiger partial charge in [-0.25, -0.2) is 4.79 Å². The van der Waals surface area contributed by atoms with E-state index in [-0.39, 0.29) is 12.1 Å². The van der Waals surface area contributed by atoms with Crippen molar-refractivity contribution in [2.45, 2.75) is 32.4 Å². The number of carbonyl (C=O) groups excluding carboxylic acids is 1. The average Bonchev–Trinajstić information content (AvgIpc) is 3.25. The molecule has 0 saturated heterocycles. The fourth-order valence-corrected chi connectivity index (χ4v) is 3.98. The standard InChI is InChI=1S/C22H24N4O3/c1-3-29-22(27)25-17-11-19-18-10-15(13-24-28-2)7-8-20(18)26(21(19)12-17)14-16-6-4-5-9-23-16/h4-10,13,17H,3,11-12,14H2,1-2H3,(H,25,27)/b24-13+/t17-/m0/s1. The molecule has 2 aromatic heterocycles. The number of aromatic nitrogens is 2. The van der Waals surface area contributed by atoms with Gasteiger partial charge in [0.2, 0.25) is 0 Å². The zero-order valence-corrected chi connectivity index (χ0v) is 16.6. The molecule has 4 rings (SSSR count). The number of alkyl carbamates (subject to hydrolysis) is 1. The van der Waals surface area contributed by atoms with Crippen molar-refractivity contribution in [1.82, 2.24) is 14.9 Å². The van der Waals surface area contributed by atoms with Gasteiger partial charge in [0.05, 0.1) is 25.1 Å². The van der Waals surface area contributed by atoms with Gasteiger partial charge in [-0.1, -0.05) is 17.3 Å². The molecule has 0 spiro atoms. The first-order valence-electron chi connectivity index (χ1n) is 9.73. The van der Waals surface area contributed by atoms with Gasteiger partial charge in [-0.3, -0.25) is 4.98 Å². The maximum Gasteiger partial charge on any atom is 0.407 e. The van der Waals surface area contributed by atoms with Gasteiger partial charge >= 0.3 is 6.09 Å². The highest BCUT2D eigenvalue weighted by molar-refractivity contribution is 5.92. The number of rotatable bonds is 6. The van der Waals surface area contributed by atoms with Gasteiger partial charge in [0.1, 0.15) is 7.11 Å². The number of hydrogen-bond donors (Lipinski definition) is 1. The van der Waals surface area contributed by atoms with Crippen molar-refractivity contribution in [2.24, 2.45) is 5.16 Å². The maximum absolute atomic E-state index is 11.9. The summed E-state index contributed by atoms with van der Waals surface area (Å²) in [5.74, 6) is 0. The number of carbonyl (C=O) groups is 1. The van der Waals surface area contributed by atoms with Crippen molar-refractivity contribution in [3.63, 3.8) is 0 Å². The Balaban J connectivity index is 1.72. The molecule has 0 bridgehead atoms. The van der Waals surface area contributed by atoms with E-state index in [0.717, 1.165) is 29.6 Å². The lowest BCUT2D eigenvalue weighted by atomic mass is 10.1. The molecule has 3 aromatic rings. The third-order valence-electron chi connectivity index (χ3n) is 5.15. The fourth-order valence-electron chi connectivity index (χ4n) is 3.98. The molecule has 7 heteroatoms. The Morgan fingerprint density at radius 1 is 1.34 bits per heavy atom. The summed E-state index contributed by atoms with van der Waals surface area (Å²) < 4.78 is 7.36. The fraction of sp³-hybridized carbons (Fsp3) is 0.318. The van der Waals surface area contributed by atoms with Gasteiger partial charge in [0.25, 0.3) is 0 Å². The number of nitrogens with zero attached hydrogens (tertiary/aromatic N) is 3. The van der Waals surface area contributed by atoms with Crippen molar-refractivity contribution in [2.75, 3.05) is 13.7 Å². The molecule has 1 aromatic carbocycles. The topological polar surface area (TPSA) is 77.7 Å². The number of pyridine rings is 1. The first kappa shape index (κ1) is 19.0. The maximum atomic E-state index is 11.9. The van der Waals surface area contributed by atoms with Gasteiger partial charge in [-0.05, 0) is 48.7 Å². The zero-order valence-electron chi connectivity index (χ0n) is 16.6. The molecule has 150 valence electrons. The molecule has 1 atom stereocenters. The highest BCUT2D eigenvalue weighted by Crippen LogP contribution is 2.34. The first-order chi connectivity index (χ1) is 14.2. The van der Waals surface area contributed by atoms with Crippen molar-refractivity contribution in [3.8, 4) is 0 Å². The van der Waals surface area contributed by atoms with E-state index in [4.69, 9.17) is 9.57 Å². The molecule has 1 aliphatic rings. The molecule has 0 saturated carbocycles. The van der Waals surface area contributed by atoms with Gasteiger partial charge < -0.3 is 19.5 Å². The van der Waals surface area contributed by atoms with E-state index in [9.17, 15) is 4.79 Å². The molecule has 0 aliphatic heterocycles. The number of ether oxygens (including phenoxy) is 1. The Hall–Kier alpha value is -3.35. The van der Waals surface area contributed by atoms with Crippen LogP contribution in [0.15, 0.2) is 47.8 Å². The van der Waals surface area contributed by atoms with Gasteiger partial charge in [-0.15, -0.1) is 0 Å². The van der Waals surface area contributed by atoms with E-state index in [1.165, 1.54) is 23.8 Å². The van der Waals surface area contributed by atoms with E-state index >= 15 is 0 Å². The Kier molecular flexibility index (Phi) is 5.46. The normalized spacial score (nSPS) is 15.6. The summed E-state index contributed by atoms with van der Waals surface area (Å²) in [4.78, 5) is 21.2. The molecule has 0 fully saturated rings. The van der Waals surface area contributed by atoms with Gasteiger partial charge in [0.15, 0.2) is 0 Å². The lowest BCUT2D eigenvalue weighted by molar-refractivity contribution is 0.148. The summed E-state index contributed by atoms with van der Waals surface area (Å²) in [6.07, 6.45) is 4.68. The Morgan fingerprint density at radius 2 is 2.24 bits per heavy atom. The zero-order chi connectivity index (χ0) is 20.2. The van der Waals surface area contributed by atoms with E-state index < -0.39 is 0 Å². The minimum absolute atomic E-state index is 0.0229. The molecule has 0 radical (unpaired) electrons. The summed E-state index contributed by atoms with van der Waals surface area (Å²) in [5.41, 5.74) is 5.61. The predicted octanol–water partition coefficient (Wildman–Crippen LogP) is 3.28. The van der Waals surface area contributed by atoms with Crippen LogP contribution in [0.25, 0.3) is 10.9 Å². The highest BCUT2D eigenvalue weighted by Gasteiger charge is 2.30. The van der Waals surface area contributed by atoms with Crippen molar-refractivity contribution < 1.29 is 14.4 Å². The third kappa shape index (κ3) is 3.94. The molecule has 1 aliphatic carbocycles. The predicted molar refractivity (Wildman–Crippen MR) is 111 cm³/mol. The summed E-state index contributed by atoms with van der Waals surface area (Å²) in [6, 6.07) is 12.2. The van der Waals surface area contributed by atoms with Crippen LogP contribution >= 0.6 is 0 Å². The second-order valence-electron chi connectivity index (χ2n) is 7.00. The number of oxime groups is 1. The van der Waals surface area contributed by atoms with Crippen LogP contribution in [0, 0.1) is 0 Å². The number of benzene rings is 1. The van der Waals surface area contributed by atoms with Crippen molar-refractivity contribution in [1.29, 1.82) is 0 Å². The SMILES string of the molecule is CCOC(=O)N[C@H]1Cc2c(n(Cc3ccccn3)c3ccc(/C=N/OC)cc23)C1. The quantitative estimate of drug-likeness (QED) is 0.516. The molecule has 0 unspecified atom stereocenters. The van der Waals surface area contributed by atoms with Crippen LogP contribution < -0.4 is 5.32 Å². The minimum atomic E-state index is -0.365. The summed E-state index contributed by atoms with van der Waals surface area (Å²) >= 11 is 0. The molecule has 29 heavy (non-hydrogen) atoms. The van der Waals surface area contributed by atoms with Crippen LogP contribution in [-0.2, 0) is 29.0 Å². The van der Waals surface area contributed by atoms with Crippen LogP contribution in [0.4, 0.5) is 4.79 Å². The van der Waals surface area contributed by atoms with E-state index in [0.29, 0.717) is 13.2 Å². The van der Waals surface area contributed by atoms with Crippen LogP contribution in [0.2, 0.25) is 0 Å². The average molecular weight is 392 g/mol. The summed E-state index contributed by atoms with van der Waals surface area (Å²) in [6.45, 7) is 2.85. The molecule has 2 heterocycles. The van der Waals surface area contributed by atoms with E-state index in [2.05, 4.69) is 32.2 Å². The summed E-state index contributed by atoms with van der Waals surface area (Å²) in [5, 5.41) is 8.03. The Labute approximate surface area is 169 Å². The largest absolute Gasteiger partial charge is 0.450 e. The number of amides is 1. The van der Waals surface area contributed by atoms with Gasteiger partial charge in [-0.2, -0.15) is 0 Å². The second kappa shape index (κ2) is 8.34. The number of nitrogens with one attached hydrogen (secondary N) is 1. The van der Waals surface area contributed by atoms with Crippen LogP contribution in [-0.4, -0.2) is 41.6 Å². The smallest absolute Gasteiger partial charge is 0.407 e. The highest BCUT2D eigenvalue weighted by atomic mass is 16.6. The number of fused-ring (bicyclic) bond motifs is 3. The molecular weight excluding hydrogens is 368 g/mol. The van der Waals surface area contributed by atoms with Crippen LogP contribution in [0.5, 0.6) is 0 Å². The Morgan fingerprint density at radius 3 is 3.00 bits per heavy atom. The van der Waals surface area contributed by atoms with Crippen LogP contribution in [0.1, 0.15) is 29.4 Å². The Bertz CT molecular complexity index is 1040. The van der Waals surface area contributed by atoms with Crippen molar-refractivity contribution >= 4 is 23.2 Å². The lowest BCUT2D eigenvalue weighted by Gasteiger charge is -2.14. The summed E-state index contributed by atoms with van der Waals surface area (Å²) in [7, 11) is 1.53. The first-order valence-corrected chi connectivity index (χ1v) is 9.73. The molecule has 1 amide bonds. The van der Waals surface area contributed by atoms with E-state index in [1.807, 2.05) is 30.5 Å². The molecule has 7 nitrogen and oxygen atoms in total. The third-order valence-corrected chi connectivity index (χ3v) is 5.15. The molecular formula is C22H24N4O3. The molecule has 1 N–H and O–H groups in total. The van der Waals surface area contributed by atoms with Gasteiger partial charge in [0, 0.05) is 35.3 Å². The van der Waals surface area contributed by atoms with Crippen LogP contribution in [0.3, 0.4) is 0 Å². The van der Waals surface area contributed by atoms with E-state index in [1.54, 1.807) is 13.1 Å². The minimum Gasteiger partial charge on any atom is -0.450 e. The number of hydrogen-bond acceptors (Lipinski definition) is 5.